The summed E-state index contributed by atoms with van der Waals surface area (Å²) in [6.45, 7) is 0. The van der Waals surface area contributed by atoms with Gasteiger partial charge >= 0.3 is 0 Å². The van der Waals surface area contributed by atoms with Gasteiger partial charge in [0.2, 0.25) is 5.70 Å². The Hall–Kier alpha value is -2.27. The Bertz CT molecular complexity index is 578. The summed E-state index contributed by atoms with van der Waals surface area (Å²) in [5.74, 6) is -0.614. The van der Waals surface area contributed by atoms with Gasteiger partial charge in [-0.2, -0.15) is 0 Å². The first kappa shape index (κ1) is 13.2. The molecule has 0 radical (unpaired) electrons. The first-order valence-electron chi connectivity index (χ1n) is 5.69. The molecule has 1 unspecified atom stereocenters. The number of hydrogen-bond donors (Lipinski definition) is 1. The maximum Gasteiger partial charge on any atom is 0.249 e. The number of allylic oxidation sites excluding steroid dienone is 2. The van der Waals surface area contributed by atoms with Gasteiger partial charge in [0.25, 0.3) is 0 Å². The number of halogens is 1. The molecule has 2 rings (SSSR count). The molecule has 1 aromatic rings. The first-order chi connectivity index (χ1) is 9.00. The first-order valence-corrected chi connectivity index (χ1v) is 5.69. The molecule has 1 atom stereocenters. The van der Waals surface area contributed by atoms with Crippen LogP contribution in [-0.4, -0.2) is 15.6 Å². The molecule has 5 heteroatoms. The smallest absolute Gasteiger partial charge is 0.249 e. The monoisotopic (exact) mass is 261 g/mol. The van der Waals surface area contributed by atoms with E-state index in [9.17, 15) is 19.6 Å². The molecule has 4 nitrogen and oxygen atoms in total. The van der Waals surface area contributed by atoms with Crippen LogP contribution in [0.1, 0.15) is 12.0 Å². The van der Waals surface area contributed by atoms with Gasteiger partial charge in [-0.25, -0.2) is 4.39 Å². The third-order valence-corrected chi connectivity index (χ3v) is 2.80. The fraction of sp³-hybridized carbons (Fsp3) is 0.143. The van der Waals surface area contributed by atoms with Crippen LogP contribution in [0, 0.1) is 10.1 Å². The van der Waals surface area contributed by atoms with Gasteiger partial charge in [0.15, 0.2) is 0 Å². The van der Waals surface area contributed by atoms with Crippen molar-refractivity contribution >= 4 is 5.83 Å². The molecule has 0 amide bonds. The average molecular weight is 261 g/mol. The van der Waals surface area contributed by atoms with Gasteiger partial charge < -0.3 is 5.11 Å². The average Bonchev–Trinajstić information content (AvgIpc) is 2.39. The highest BCUT2D eigenvalue weighted by Crippen LogP contribution is 2.28. The lowest BCUT2D eigenvalue weighted by Crippen LogP contribution is -2.27. The zero-order chi connectivity index (χ0) is 13.9. The van der Waals surface area contributed by atoms with Crippen LogP contribution in [0.4, 0.5) is 4.39 Å². The van der Waals surface area contributed by atoms with E-state index in [1.807, 2.05) is 0 Å². The Kier molecular flexibility index (Phi) is 3.57. The second-order valence-electron chi connectivity index (χ2n) is 4.30. The molecule has 0 spiro atoms. The van der Waals surface area contributed by atoms with E-state index in [-0.39, 0.29) is 12.1 Å². The summed E-state index contributed by atoms with van der Waals surface area (Å²) >= 11 is 0. The van der Waals surface area contributed by atoms with Gasteiger partial charge in [-0.15, -0.1) is 0 Å². The minimum absolute atomic E-state index is 0.151. The van der Waals surface area contributed by atoms with Crippen molar-refractivity contribution in [3.8, 4) is 0 Å². The van der Waals surface area contributed by atoms with Crippen LogP contribution in [-0.2, 0) is 0 Å². The van der Waals surface area contributed by atoms with Crippen LogP contribution in [0.15, 0.2) is 60.3 Å². The van der Waals surface area contributed by atoms with Crippen LogP contribution in [0.3, 0.4) is 0 Å². The minimum atomic E-state index is -1.67. The molecule has 1 aromatic carbocycles. The molecule has 0 saturated carbocycles. The lowest BCUT2D eigenvalue weighted by Gasteiger charge is -2.21. The third-order valence-electron chi connectivity index (χ3n) is 2.80. The number of nitrogens with zero attached hydrogens (tertiary/aromatic N) is 1. The van der Waals surface area contributed by atoms with Crippen LogP contribution >= 0.6 is 0 Å². The summed E-state index contributed by atoms with van der Waals surface area (Å²) < 4.78 is 14.0. The molecule has 1 aliphatic carbocycles. The van der Waals surface area contributed by atoms with Crippen molar-refractivity contribution in [1.82, 2.24) is 0 Å². The van der Waals surface area contributed by atoms with Crippen LogP contribution in [0.5, 0.6) is 0 Å². The molecule has 1 N–H and O–H groups in total. The van der Waals surface area contributed by atoms with E-state index < -0.39 is 16.4 Å². The molecule has 0 bridgehead atoms. The van der Waals surface area contributed by atoms with Crippen LogP contribution in [0.25, 0.3) is 5.83 Å². The second kappa shape index (κ2) is 5.16. The zero-order valence-corrected chi connectivity index (χ0v) is 9.99. The summed E-state index contributed by atoms with van der Waals surface area (Å²) in [6.07, 6.45) is 4.73. The summed E-state index contributed by atoms with van der Waals surface area (Å²) in [7, 11) is 0. The molecule has 0 aromatic heterocycles. The number of benzene rings is 1. The quantitative estimate of drug-likeness (QED) is 0.672. The predicted octanol–water partition coefficient (Wildman–Crippen LogP) is 2.85. The van der Waals surface area contributed by atoms with E-state index in [0.29, 0.717) is 5.56 Å². The van der Waals surface area contributed by atoms with E-state index >= 15 is 0 Å². The second-order valence-corrected chi connectivity index (χ2v) is 4.30. The van der Waals surface area contributed by atoms with Crippen molar-refractivity contribution in [2.45, 2.75) is 12.0 Å². The Morgan fingerprint density at radius 2 is 2.11 bits per heavy atom. The normalized spacial score (nSPS) is 23.1. The molecule has 1 aliphatic rings. The molecule has 0 heterocycles. The molecule has 0 aliphatic heterocycles. The Morgan fingerprint density at radius 3 is 2.74 bits per heavy atom. The van der Waals surface area contributed by atoms with Crippen molar-refractivity contribution in [3.63, 3.8) is 0 Å². The maximum atomic E-state index is 14.0. The van der Waals surface area contributed by atoms with E-state index in [1.54, 1.807) is 30.3 Å². The summed E-state index contributed by atoms with van der Waals surface area (Å²) in [4.78, 5) is 10.1. The summed E-state index contributed by atoms with van der Waals surface area (Å²) in [6, 6.07) is 8.22. The highest BCUT2D eigenvalue weighted by atomic mass is 19.1. The summed E-state index contributed by atoms with van der Waals surface area (Å²) in [5.41, 5.74) is -1.50. The molecule has 0 saturated heterocycles. The van der Waals surface area contributed by atoms with E-state index in [1.165, 1.54) is 18.2 Å². The predicted molar refractivity (Wildman–Crippen MR) is 69.3 cm³/mol. The fourth-order valence-corrected chi connectivity index (χ4v) is 1.86. The maximum absolute atomic E-state index is 14.0. The summed E-state index contributed by atoms with van der Waals surface area (Å²) in [5, 5.41) is 20.8. The van der Waals surface area contributed by atoms with Crippen LogP contribution in [0.2, 0.25) is 0 Å². The molecule has 98 valence electrons. The van der Waals surface area contributed by atoms with E-state index in [0.717, 1.165) is 6.08 Å². The van der Waals surface area contributed by atoms with Gasteiger partial charge in [-0.05, 0) is 12.2 Å². The lowest BCUT2D eigenvalue weighted by molar-refractivity contribution is -0.430. The largest absolute Gasteiger partial charge is 0.381 e. The van der Waals surface area contributed by atoms with Gasteiger partial charge in [0.05, 0.1) is 11.3 Å². The topological polar surface area (TPSA) is 63.4 Å². The number of aliphatic hydroxyl groups is 1. The Labute approximate surface area is 109 Å². The zero-order valence-electron chi connectivity index (χ0n) is 9.99. The lowest BCUT2D eigenvalue weighted by atomic mass is 9.92. The molecule has 19 heavy (non-hydrogen) atoms. The van der Waals surface area contributed by atoms with E-state index in [4.69, 9.17) is 0 Å². The van der Waals surface area contributed by atoms with Gasteiger partial charge in [0, 0.05) is 11.6 Å². The van der Waals surface area contributed by atoms with Crippen molar-refractivity contribution in [2.24, 2.45) is 0 Å². The number of nitro groups is 1. The third kappa shape index (κ3) is 3.14. The molecule has 0 fully saturated rings. The Balaban J connectivity index is 2.26. The number of rotatable bonds is 3. The standard InChI is InChI=1S/C14H12FNO3/c15-13(11-5-2-1-3-6-11)10-14(17)8-4-7-12(9-14)16(18)19/h1-8,10,17H,9H2/b13-10-. The fourth-order valence-electron chi connectivity index (χ4n) is 1.86. The Morgan fingerprint density at radius 1 is 1.42 bits per heavy atom. The minimum Gasteiger partial charge on any atom is -0.381 e. The van der Waals surface area contributed by atoms with Crippen molar-refractivity contribution in [3.05, 3.63) is 76.0 Å². The van der Waals surface area contributed by atoms with E-state index in [2.05, 4.69) is 0 Å². The molecular formula is C14H12FNO3. The van der Waals surface area contributed by atoms with Crippen molar-refractivity contribution < 1.29 is 14.4 Å². The van der Waals surface area contributed by atoms with Crippen molar-refractivity contribution in [2.75, 3.05) is 0 Å². The highest BCUT2D eigenvalue weighted by molar-refractivity contribution is 5.60. The molecular weight excluding hydrogens is 249 g/mol. The van der Waals surface area contributed by atoms with Gasteiger partial charge in [-0.3, -0.25) is 10.1 Å². The SMILES string of the molecule is O=[N+]([O-])C1=CC=CC(O)(/C=C(\F)c2ccccc2)C1. The van der Waals surface area contributed by atoms with Gasteiger partial charge in [0.1, 0.15) is 11.4 Å². The highest BCUT2D eigenvalue weighted by Gasteiger charge is 2.31. The van der Waals surface area contributed by atoms with Crippen LogP contribution < -0.4 is 0 Å². The number of hydrogen-bond acceptors (Lipinski definition) is 3. The van der Waals surface area contributed by atoms with Crippen molar-refractivity contribution in [1.29, 1.82) is 0 Å². The van der Waals surface area contributed by atoms with Gasteiger partial charge in [-0.1, -0.05) is 36.4 Å².